The summed E-state index contributed by atoms with van der Waals surface area (Å²) in [6.07, 6.45) is 2.92. The molecule has 0 aliphatic rings. The van der Waals surface area contributed by atoms with Gasteiger partial charge in [-0.15, -0.1) is 0 Å². The van der Waals surface area contributed by atoms with Gasteiger partial charge in [-0.2, -0.15) is 0 Å². The third-order valence-corrected chi connectivity index (χ3v) is 2.66. The fourth-order valence-corrected chi connectivity index (χ4v) is 1.71. The number of nitrogens with one attached hydrogen (secondary N) is 2. The van der Waals surface area contributed by atoms with Gasteiger partial charge in [-0.3, -0.25) is 4.79 Å². The summed E-state index contributed by atoms with van der Waals surface area (Å²) < 4.78 is 5.20. The first-order valence-electron chi connectivity index (χ1n) is 6.25. The van der Waals surface area contributed by atoms with E-state index in [1.54, 1.807) is 13.3 Å². The minimum absolute atomic E-state index is 0.0374. The highest BCUT2D eigenvalue weighted by atomic mass is 16.5. The summed E-state index contributed by atoms with van der Waals surface area (Å²) in [5, 5.41) is 5.89. The van der Waals surface area contributed by atoms with Gasteiger partial charge in [0.05, 0.1) is 12.8 Å². The number of anilines is 2. The first-order chi connectivity index (χ1) is 9.10. The normalized spacial score (nSPS) is 10.1. The van der Waals surface area contributed by atoms with E-state index in [1.807, 2.05) is 32.1 Å². The van der Waals surface area contributed by atoms with Crippen LogP contribution in [0.2, 0.25) is 0 Å². The van der Waals surface area contributed by atoms with Crippen LogP contribution >= 0.6 is 0 Å². The Hall–Kier alpha value is -1.82. The van der Waals surface area contributed by atoms with Crippen LogP contribution in [0, 0.1) is 0 Å². The maximum Gasteiger partial charge on any atom is 0.239 e. The van der Waals surface area contributed by atoms with E-state index in [9.17, 15) is 4.79 Å². The summed E-state index contributed by atoms with van der Waals surface area (Å²) in [5.41, 5.74) is 1.48. The molecule has 0 spiro atoms. The van der Waals surface area contributed by atoms with Crippen molar-refractivity contribution in [3.05, 3.63) is 12.3 Å². The molecule has 0 aliphatic heterocycles. The van der Waals surface area contributed by atoms with E-state index in [1.165, 1.54) is 0 Å². The Morgan fingerprint density at radius 3 is 2.79 bits per heavy atom. The molecule has 0 aromatic carbocycles. The Labute approximate surface area is 114 Å². The number of aromatic nitrogens is 1. The van der Waals surface area contributed by atoms with Crippen molar-refractivity contribution in [1.29, 1.82) is 0 Å². The summed E-state index contributed by atoms with van der Waals surface area (Å²) in [6.45, 7) is 0.818. The van der Waals surface area contributed by atoms with Gasteiger partial charge in [0, 0.05) is 26.7 Å². The van der Waals surface area contributed by atoms with Crippen molar-refractivity contribution in [3.8, 4) is 5.88 Å². The van der Waals surface area contributed by atoms with Crippen molar-refractivity contribution in [1.82, 2.24) is 10.3 Å². The first kappa shape index (κ1) is 15.2. The van der Waals surface area contributed by atoms with Gasteiger partial charge in [-0.1, -0.05) is 0 Å². The summed E-state index contributed by atoms with van der Waals surface area (Å²) in [4.78, 5) is 17.9. The highest BCUT2D eigenvalue weighted by molar-refractivity contribution is 5.95. The predicted octanol–water partition coefficient (Wildman–Crippen LogP) is 1.09. The third kappa shape index (κ3) is 4.40. The average molecular weight is 266 g/mol. The Bertz CT molecular complexity index is 421. The van der Waals surface area contributed by atoms with Crippen molar-refractivity contribution >= 4 is 17.3 Å². The SMILES string of the molecule is CNCCCC(=O)Nc1c(N(C)C)ccnc1OC. The monoisotopic (exact) mass is 266 g/mol. The molecule has 0 bridgehead atoms. The number of carbonyl (C=O) groups excluding carboxylic acids is 1. The Balaban J connectivity index is 2.83. The first-order valence-corrected chi connectivity index (χ1v) is 6.25. The van der Waals surface area contributed by atoms with Gasteiger partial charge >= 0.3 is 0 Å². The van der Waals surface area contributed by atoms with Crippen molar-refractivity contribution < 1.29 is 9.53 Å². The quantitative estimate of drug-likeness (QED) is 0.723. The Morgan fingerprint density at radius 2 is 2.21 bits per heavy atom. The second kappa shape index (κ2) is 7.58. The van der Waals surface area contributed by atoms with Gasteiger partial charge in [0.2, 0.25) is 11.8 Å². The van der Waals surface area contributed by atoms with E-state index in [4.69, 9.17) is 4.74 Å². The van der Waals surface area contributed by atoms with Gasteiger partial charge in [-0.25, -0.2) is 4.98 Å². The number of ether oxygens (including phenoxy) is 1. The largest absolute Gasteiger partial charge is 0.479 e. The number of nitrogens with zero attached hydrogens (tertiary/aromatic N) is 2. The van der Waals surface area contributed by atoms with Crippen LogP contribution in [-0.4, -0.2) is 45.7 Å². The van der Waals surface area contributed by atoms with Gasteiger partial charge in [0.1, 0.15) is 5.69 Å². The van der Waals surface area contributed by atoms with E-state index >= 15 is 0 Å². The number of amides is 1. The molecule has 0 saturated heterocycles. The molecular weight excluding hydrogens is 244 g/mol. The van der Waals surface area contributed by atoms with Crippen LogP contribution in [-0.2, 0) is 4.79 Å². The average Bonchev–Trinajstić information content (AvgIpc) is 2.39. The van der Waals surface area contributed by atoms with E-state index in [2.05, 4.69) is 15.6 Å². The number of carbonyl (C=O) groups is 1. The molecule has 6 nitrogen and oxygen atoms in total. The van der Waals surface area contributed by atoms with Crippen LogP contribution in [0.15, 0.2) is 12.3 Å². The molecule has 1 rings (SSSR count). The highest BCUT2D eigenvalue weighted by Crippen LogP contribution is 2.31. The Kier molecular flexibility index (Phi) is 6.08. The lowest BCUT2D eigenvalue weighted by Crippen LogP contribution is -2.19. The summed E-state index contributed by atoms with van der Waals surface area (Å²) in [7, 11) is 7.22. The summed E-state index contributed by atoms with van der Waals surface area (Å²) >= 11 is 0. The molecule has 2 N–H and O–H groups in total. The molecule has 0 radical (unpaired) electrons. The second-order valence-electron chi connectivity index (χ2n) is 4.36. The smallest absolute Gasteiger partial charge is 0.239 e. The fraction of sp³-hybridized carbons (Fsp3) is 0.538. The van der Waals surface area contributed by atoms with Crippen LogP contribution in [0.3, 0.4) is 0 Å². The van der Waals surface area contributed by atoms with Gasteiger partial charge in [0.15, 0.2) is 0 Å². The maximum absolute atomic E-state index is 11.9. The highest BCUT2D eigenvalue weighted by Gasteiger charge is 2.14. The number of rotatable bonds is 7. The van der Waals surface area contributed by atoms with E-state index in [0.717, 1.165) is 18.7 Å². The lowest BCUT2D eigenvalue weighted by molar-refractivity contribution is -0.116. The molecule has 106 valence electrons. The number of methoxy groups -OCH3 is 1. The molecule has 1 amide bonds. The van der Waals surface area contributed by atoms with Crippen LogP contribution in [0.1, 0.15) is 12.8 Å². The van der Waals surface area contributed by atoms with Crippen LogP contribution < -0.4 is 20.3 Å². The zero-order valence-electron chi connectivity index (χ0n) is 12.0. The minimum Gasteiger partial charge on any atom is -0.479 e. The summed E-state index contributed by atoms with van der Waals surface area (Å²) in [6, 6.07) is 1.84. The molecule has 0 unspecified atom stereocenters. The van der Waals surface area contributed by atoms with E-state index in [-0.39, 0.29) is 5.91 Å². The van der Waals surface area contributed by atoms with Gasteiger partial charge < -0.3 is 20.3 Å². The zero-order valence-corrected chi connectivity index (χ0v) is 12.0. The van der Waals surface area contributed by atoms with Crippen molar-refractivity contribution in [2.45, 2.75) is 12.8 Å². The van der Waals surface area contributed by atoms with E-state index in [0.29, 0.717) is 18.0 Å². The van der Waals surface area contributed by atoms with Crippen molar-refractivity contribution in [2.24, 2.45) is 0 Å². The third-order valence-electron chi connectivity index (χ3n) is 2.66. The molecule has 1 heterocycles. The minimum atomic E-state index is -0.0374. The molecule has 1 aromatic rings. The van der Waals surface area contributed by atoms with Crippen LogP contribution in [0.5, 0.6) is 5.88 Å². The number of pyridine rings is 1. The molecule has 1 aromatic heterocycles. The molecule has 0 fully saturated rings. The molecule has 19 heavy (non-hydrogen) atoms. The molecule has 0 atom stereocenters. The molecule has 6 heteroatoms. The Morgan fingerprint density at radius 1 is 1.47 bits per heavy atom. The zero-order chi connectivity index (χ0) is 14.3. The standard InChI is InChI=1S/C13H22N4O2/c1-14-8-5-6-11(18)16-12-10(17(2)3)7-9-15-13(12)19-4/h7,9,14H,5-6,8H2,1-4H3,(H,16,18). The number of hydrogen-bond donors (Lipinski definition) is 2. The molecule has 0 aliphatic carbocycles. The van der Waals surface area contributed by atoms with E-state index < -0.39 is 0 Å². The number of hydrogen-bond acceptors (Lipinski definition) is 5. The second-order valence-corrected chi connectivity index (χ2v) is 4.36. The van der Waals surface area contributed by atoms with Crippen molar-refractivity contribution in [2.75, 3.05) is 45.0 Å². The molecular formula is C13H22N4O2. The maximum atomic E-state index is 11.9. The predicted molar refractivity (Wildman–Crippen MR) is 76.9 cm³/mol. The lowest BCUT2D eigenvalue weighted by atomic mass is 10.2. The lowest BCUT2D eigenvalue weighted by Gasteiger charge is -2.19. The topological polar surface area (TPSA) is 66.5 Å². The molecule has 0 saturated carbocycles. The summed E-state index contributed by atoms with van der Waals surface area (Å²) in [5.74, 6) is 0.387. The van der Waals surface area contributed by atoms with Crippen LogP contribution in [0.4, 0.5) is 11.4 Å². The van der Waals surface area contributed by atoms with Gasteiger partial charge in [-0.05, 0) is 26.1 Å². The fourth-order valence-electron chi connectivity index (χ4n) is 1.71. The van der Waals surface area contributed by atoms with Crippen LogP contribution in [0.25, 0.3) is 0 Å². The van der Waals surface area contributed by atoms with Crippen molar-refractivity contribution in [3.63, 3.8) is 0 Å². The van der Waals surface area contributed by atoms with Gasteiger partial charge in [0.25, 0.3) is 0 Å².